The molecule has 3 nitrogen and oxygen atoms in total. The molecule has 0 aromatic carbocycles. The van der Waals surface area contributed by atoms with Gasteiger partial charge in [-0.05, 0) is 37.3 Å². The van der Waals surface area contributed by atoms with Gasteiger partial charge in [0.2, 0.25) is 5.24 Å². The predicted octanol–water partition coefficient (Wildman–Crippen LogP) is 4.07. The molecule has 0 fully saturated rings. The number of carbonyl (C=O) groups is 2. The van der Waals surface area contributed by atoms with Crippen molar-refractivity contribution in [2.45, 2.75) is 72.3 Å². The summed E-state index contributed by atoms with van der Waals surface area (Å²) in [5, 5.41) is -0.607. The molecule has 0 unspecified atom stereocenters. The Morgan fingerprint density at radius 3 is 1.78 bits per heavy atom. The van der Waals surface area contributed by atoms with Gasteiger partial charge in [0, 0.05) is 0 Å². The molecule has 0 aliphatic rings. The first-order valence-corrected chi connectivity index (χ1v) is 7.27. The van der Waals surface area contributed by atoms with Crippen LogP contribution in [0.15, 0.2) is 0 Å². The molecular weight excluding hydrogens is 252 g/mol. The summed E-state index contributed by atoms with van der Waals surface area (Å²) in [6.07, 6.45) is 4.25. The molecule has 0 aromatic heterocycles. The van der Waals surface area contributed by atoms with Gasteiger partial charge in [0.25, 0.3) is 0 Å². The second-order valence-corrected chi connectivity index (χ2v) is 5.01. The number of ether oxygens (including phenoxy) is 1. The highest BCUT2D eigenvalue weighted by molar-refractivity contribution is 6.66. The monoisotopic (exact) mass is 276 g/mol. The van der Waals surface area contributed by atoms with Crippen LogP contribution in [0.1, 0.15) is 66.2 Å². The zero-order chi connectivity index (χ0) is 14.2. The van der Waals surface area contributed by atoms with Gasteiger partial charge in [0.1, 0.15) is 11.5 Å². The van der Waals surface area contributed by atoms with Crippen LogP contribution in [0, 0.1) is 5.41 Å². The Morgan fingerprint density at radius 1 is 1.06 bits per heavy atom. The molecule has 0 rings (SSSR count). The molecule has 0 atom stereocenters. The number of rotatable bonds is 9. The Hall–Kier alpha value is -0.570. The maximum absolute atomic E-state index is 12.2. The molecule has 0 N–H and O–H groups in total. The highest BCUT2D eigenvalue weighted by atomic mass is 35.5. The second kappa shape index (κ2) is 8.52. The topological polar surface area (TPSA) is 43.4 Å². The molecule has 0 aliphatic carbocycles. The van der Waals surface area contributed by atoms with Crippen molar-refractivity contribution in [3.05, 3.63) is 0 Å². The Bertz CT molecular complexity index is 266. The molecule has 0 saturated heterocycles. The molecule has 0 amide bonds. The third kappa shape index (κ3) is 4.27. The molecule has 18 heavy (non-hydrogen) atoms. The lowest BCUT2D eigenvalue weighted by atomic mass is 9.84. The van der Waals surface area contributed by atoms with Gasteiger partial charge < -0.3 is 4.74 Å². The zero-order valence-corrected chi connectivity index (χ0v) is 12.7. The van der Waals surface area contributed by atoms with E-state index < -0.39 is 16.6 Å². The minimum absolute atomic E-state index is 0.0963. The highest BCUT2D eigenvalue weighted by Crippen LogP contribution is 2.32. The maximum Gasteiger partial charge on any atom is 0.321 e. The van der Waals surface area contributed by atoms with E-state index in [2.05, 4.69) is 13.8 Å². The van der Waals surface area contributed by atoms with Crippen LogP contribution in [-0.4, -0.2) is 17.3 Å². The van der Waals surface area contributed by atoms with Crippen LogP contribution >= 0.6 is 11.6 Å². The van der Waals surface area contributed by atoms with E-state index in [0.717, 1.165) is 25.7 Å². The van der Waals surface area contributed by atoms with Crippen LogP contribution < -0.4 is 0 Å². The molecule has 0 bridgehead atoms. The van der Waals surface area contributed by atoms with Crippen LogP contribution in [0.3, 0.4) is 0 Å². The first kappa shape index (κ1) is 17.4. The molecule has 0 radical (unpaired) electrons. The minimum atomic E-state index is -1.17. The summed E-state index contributed by atoms with van der Waals surface area (Å²) in [6, 6.07) is 0. The summed E-state index contributed by atoms with van der Waals surface area (Å²) < 4.78 is 5.50. The van der Waals surface area contributed by atoms with Gasteiger partial charge in [-0.2, -0.15) is 0 Å². The van der Waals surface area contributed by atoms with Crippen molar-refractivity contribution >= 4 is 22.8 Å². The first-order chi connectivity index (χ1) is 8.48. The van der Waals surface area contributed by atoms with Gasteiger partial charge in [0.05, 0.1) is 0 Å². The predicted molar refractivity (Wildman–Crippen MR) is 73.6 cm³/mol. The summed E-state index contributed by atoms with van der Waals surface area (Å²) in [5.41, 5.74) is -1.17. The van der Waals surface area contributed by atoms with Gasteiger partial charge in [-0.25, -0.2) is 0 Å². The van der Waals surface area contributed by atoms with Gasteiger partial charge in [-0.1, -0.05) is 40.5 Å². The molecule has 0 spiro atoms. The van der Waals surface area contributed by atoms with Crippen LogP contribution in [-0.2, 0) is 14.3 Å². The fourth-order valence-corrected chi connectivity index (χ4v) is 2.41. The van der Waals surface area contributed by atoms with Crippen molar-refractivity contribution in [1.29, 1.82) is 0 Å². The Kier molecular flexibility index (Phi) is 8.25. The van der Waals surface area contributed by atoms with Crippen LogP contribution in [0.25, 0.3) is 0 Å². The summed E-state index contributed by atoms with van der Waals surface area (Å²) in [7, 11) is 0. The van der Waals surface area contributed by atoms with E-state index in [4.69, 9.17) is 16.3 Å². The van der Waals surface area contributed by atoms with Crippen molar-refractivity contribution in [3.8, 4) is 0 Å². The third-order valence-electron chi connectivity index (χ3n) is 3.47. The molecule has 0 aliphatic heterocycles. The van der Waals surface area contributed by atoms with E-state index in [1.807, 2.05) is 0 Å². The van der Waals surface area contributed by atoms with Crippen molar-refractivity contribution in [3.63, 3.8) is 0 Å². The van der Waals surface area contributed by atoms with Gasteiger partial charge >= 0.3 is 5.97 Å². The number of carbonyl (C=O) groups excluding carboxylic acids is 2. The molecular formula is C14H25ClO3. The van der Waals surface area contributed by atoms with Crippen LogP contribution in [0.2, 0.25) is 0 Å². The Labute approximate surface area is 115 Å². The maximum atomic E-state index is 12.2. The van der Waals surface area contributed by atoms with E-state index in [0.29, 0.717) is 12.8 Å². The number of hydrogen-bond acceptors (Lipinski definition) is 3. The zero-order valence-electron chi connectivity index (χ0n) is 11.9. The Balaban J connectivity index is 4.82. The largest absolute Gasteiger partial charge is 0.462 e. The summed E-state index contributed by atoms with van der Waals surface area (Å²) in [6.45, 7) is 7.69. The normalized spacial score (nSPS) is 11.7. The third-order valence-corrected chi connectivity index (χ3v) is 3.83. The quantitative estimate of drug-likeness (QED) is 0.362. The molecule has 0 heterocycles. The van der Waals surface area contributed by atoms with Crippen molar-refractivity contribution in [1.82, 2.24) is 0 Å². The summed E-state index contributed by atoms with van der Waals surface area (Å²) in [4.78, 5) is 23.7. The van der Waals surface area contributed by atoms with Gasteiger partial charge in [0.15, 0.2) is 0 Å². The summed E-state index contributed by atoms with van der Waals surface area (Å²) >= 11 is 5.59. The van der Waals surface area contributed by atoms with E-state index >= 15 is 0 Å². The first-order valence-electron chi connectivity index (χ1n) is 6.89. The van der Waals surface area contributed by atoms with E-state index in [1.54, 1.807) is 13.8 Å². The van der Waals surface area contributed by atoms with Crippen molar-refractivity contribution in [2.75, 3.05) is 0 Å². The fourth-order valence-electron chi connectivity index (χ4n) is 2.07. The molecule has 0 aromatic rings. The van der Waals surface area contributed by atoms with Crippen LogP contribution in [0.4, 0.5) is 0 Å². The standard InChI is InChI=1S/C14H25ClO3/c1-5-9-11(10-6-2)18-13(17)14(7-3,8-4)12(15)16/h11H,5-10H2,1-4H3. The minimum Gasteiger partial charge on any atom is -0.462 e. The molecule has 4 heteroatoms. The average molecular weight is 277 g/mol. The highest BCUT2D eigenvalue weighted by Gasteiger charge is 2.43. The molecule has 0 saturated carbocycles. The SMILES string of the molecule is CCCC(CCC)OC(=O)C(CC)(CC)C(=O)Cl. The number of halogens is 1. The fraction of sp³-hybridized carbons (Fsp3) is 0.857. The van der Waals surface area contributed by atoms with Crippen molar-refractivity contribution in [2.24, 2.45) is 5.41 Å². The van der Waals surface area contributed by atoms with E-state index in [-0.39, 0.29) is 6.10 Å². The van der Waals surface area contributed by atoms with E-state index in [1.165, 1.54) is 0 Å². The Morgan fingerprint density at radius 2 is 1.50 bits per heavy atom. The summed E-state index contributed by atoms with van der Waals surface area (Å²) in [5.74, 6) is -0.459. The van der Waals surface area contributed by atoms with Gasteiger partial charge in [-0.3, -0.25) is 9.59 Å². The lowest BCUT2D eigenvalue weighted by molar-refractivity contribution is -0.164. The molecule has 106 valence electrons. The number of hydrogen-bond donors (Lipinski definition) is 0. The van der Waals surface area contributed by atoms with Crippen molar-refractivity contribution < 1.29 is 14.3 Å². The second-order valence-electron chi connectivity index (χ2n) is 4.67. The van der Waals surface area contributed by atoms with E-state index in [9.17, 15) is 9.59 Å². The average Bonchev–Trinajstić information content (AvgIpc) is 2.31. The lowest BCUT2D eigenvalue weighted by Gasteiger charge is -2.28. The smallest absolute Gasteiger partial charge is 0.321 e. The van der Waals surface area contributed by atoms with Crippen LogP contribution in [0.5, 0.6) is 0 Å². The van der Waals surface area contributed by atoms with Gasteiger partial charge in [-0.15, -0.1) is 0 Å². The number of esters is 1. The lowest BCUT2D eigenvalue weighted by Crippen LogP contribution is -2.39.